The van der Waals surface area contributed by atoms with Crippen LogP contribution < -0.4 is 0 Å². The molecule has 0 saturated heterocycles. The molecular formula is C31H54O2. The molecule has 0 radical (unpaired) electrons. The van der Waals surface area contributed by atoms with Gasteiger partial charge in [0.1, 0.15) is 11.5 Å². The maximum atomic E-state index is 9.48. The Hall–Kier alpha value is -1.44. The molecule has 0 aliphatic heterocycles. The van der Waals surface area contributed by atoms with E-state index in [0.717, 1.165) is 12.0 Å². The number of phenols is 2. The van der Waals surface area contributed by atoms with Crippen LogP contribution in [0.4, 0.5) is 0 Å². The van der Waals surface area contributed by atoms with Gasteiger partial charge in [0, 0.05) is 6.07 Å². The van der Waals surface area contributed by atoms with Gasteiger partial charge in [-0.2, -0.15) is 0 Å². The number of allylic oxidation sites excluding steroid dienone is 1. The zero-order valence-corrected chi connectivity index (χ0v) is 21.8. The molecule has 1 aromatic rings. The lowest BCUT2D eigenvalue weighted by Crippen LogP contribution is -1.84. The SMILES string of the molecule is CCCCCCCCCCCCCCCCCCCCCCCC=Cc1cc(O)cc(O)c1. The average molecular weight is 459 g/mol. The first kappa shape index (κ1) is 29.6. The molecule has 2 N–H and O–H groups in total. The number of phenolic OH excluding ortho intramolecular Hbond substituents is 2. The van der Waals surface area contributed by atoms with Gasteiger partial charge >= 0.3 is 0 Å². The largest absolute Gasteiger partial charge is 0.508 e. The predicted octanol–water partition coefficient (Wildman–Crippen LogP) is 10.7. The van der Waals surface area contributed by atoms with Crippen LogP contribution in [0.25, 0.3) is 6.08 Å². The monoisotopic (exact) mass is 458 g/mol. The van der Waals surface area contributed by atoms with Crippen molar-refractivity contribution in [1.82, 2.24) is 0 Å². The fourth-order valence-corrected chi connectivity index (χ4v) is 4.63. The van der Waals surface area contributed by atoms with Crippen LogP contribution in [-0.4, -0.2) is 10.2 Å². The Balaban J connectivity index is 1.74. The van der Waals surface area contributed by atoms with Crippen molar-refractivity contribution < 1.29 is 10.2 Å². The summed E-state index contributed by atoms with van der Waals surface area (Å²) in [6.45, 7) is 2.29. The lowest BCUT2D eigenvalue weighted by molar-refractivity contribution is 0.450. The minimum atomic E-state index is 0.115. The zero-order chi connectivity index (χ0) is 23.8. The molecule has 2 heteroatoms. The molecule has 0 spiro atoms. The van der Waals surface area contributed by atoms with E-state index in [9.17, 15) is 10.2 Å². The van der Waals surface area contributed by atoms with E-state index >= 15 is 0 Å². The van der Waals surface area contributed by atoms with Crippen LogP contribution in [0.15, 0.2) is 24.3 Å². The molecule has 0 aliphatic rings. The second kappa shape index (κ2) is 22.4. The number of aromatic hydroxyl groups is 2. The topological polar surface area (TPSA) is 40.5 Å². The molecule has 0 saturated carbocycles. The molecule has 0 fully saturated rings. The van der Waals surface area contributed by atoms with Crippen molar-refractivity contribution in [3.63, 3.8) is 0 Å². The van der Waals surface area contributed by atoms with Gasteiger partial charge in [-0.25, -0.2) is 0 Å². The Morgan fingerprint density at radius 2 is 0.818 bits per heavy atom. The summed E-state index contributed by atoms with van der Waals surface area (Å²) in [6.07, 6.45) is 34.9. The number of rotatable bonds is 23. The van der Waals surface area contributed by atoms with Gasteiger partial charge in [-0.05, 0) is 30.5 Å². The maximum Gasteiger partial charge on any atom is 0.119 e. The third-order valence-corrected chi connectivity index (χ3v) is 6.71. The molecule has 2 nitrogen and oxygen atoms in total. The fourth-order valence-electron chi connectivity index (χ4n) is 4.63. The average Bonchev–Trinajstić information content (AvgIpc) is 2.79. The van der Waals surface area contributed by atoms with Crippen molar-refractivity contribution in [3.8, 4) is 11.5 Å². The smallest absolute Gasteiger partial charge is 0.119 e. The number of benzene rings is 1. The quantitative estimate of drug-likeness (QED) is 0.160. The van der Waals surface area contributed by atoms with Crippen molar-refractivity contribution in [2.24, 2.45) is 0 Å². The number of hydrogen-bond acceptors (Lipinski definition) is 2. The van der Waals surface area contributed by atoms with E-state index in [2.05, 4.69) is 13.0 Å². The number of unbranched alkanes of at least 4 members (excludes halogenated alkanes) is 21. The summed E-state index contributed by atoms with van der Waals surface area (Å²) in [6, 6.07) is 4.71. The molecule has 1 aromatic carbocycles. The third-order valence-electron chi connectivity index (χ3n) is 6.71. The maximum absolute atomic E-state index is 9.48. The number of hydrogen-bond donors (Lipinski definition) is 2. The molecule has 33 heavy (non-hydrogen) atoms. The van der Waals surface area contributed by atoms with E-state index in [0.29, 0.717) is 0 Å². The fraction of sp³-hybridized carbons (Fsp3) is 0.742. The normalized spacial score (nSPS) is 11.5. The van der Waals surface area contributed by atoms with Gasteiger partial charge < -0.3 is 10.2 Å². The molecule has 0 aliphatic carbocycles. The summed E-state index contributed by atoms with van der Waals surface area (Å²) in [5.74, 6) is 0.229. The van der Waals surface area contributed by atoms with E-state index in [4.69, 9.17) is 0 Å². The molecule has 1 rings (SSSR count). The van der Waals surface area contributed by atoms with E-state index in [1.807, 2.05) is 6.08 Å². The van der Waals surface area contributed by atoms with Crippen LogP contribution in [0.3, 0.4) is 0 Å². The summed E-state index contributed by atoms with van der Waals surface area (Å²) in [5.41, 5.74) is 0.857. The Morgan fingerprint density at radius 1 is 0.485 bits per heavy atom. The van der Waals surface area contributed by atoms with Crippen LogP contribution in [-0.2, 0) is 0 Å². The second-order valence-corrected chi connectivity index (χ2v) is 10.0. The zero-order valence-electron chi connectivity index (χ0n) is 21.8. The molecule has 0 amide bonds. The Labute approximate surface area is 205 Å². The van der Waals surface area contributed by atoms with Crippen molar-refractivity contribution in [3.05, 3.63) is 29.8 Å². The van der Waals surface area contributed by atoms with Crippen LogP contribution in [0.2, 0.25) is 0 Å². The van der Waals surface area contributed by atoms with Gasteiger partial charge in [0.25, 0.3) is 0 Å². The van der Waals surface area contributed by atoms with Gasteiger partial charge in [0.15, 0.2) is 0 Å². The van der Waals surface area contributed by atoms with E-state index in [1.54, 1.807) is 12.1 Å². The Morgan fingerprint density at radius 3 is 1.18 bits per heavy atom. The summed E-state index contributed by atoms with van der Waals surface area (Å²) in [4.78, 5) is 0. The summed E-state index contributed by atoms with van der Waals surface area (Å²) < 4.78 is 0. The van der Waals surface area contributed by atoms with Gasteiger partial charge in [-0.15, -0.1) is 0 Å². The lowest BCUT2D eigenvalue weighted by Gasteiger charge is -2.04. The molecule has 190 valence electrons. The van der Waals surface area contributed by atoms with Crippen molar-refractivity contribution in [2.75, 3.05) is 0 Å². The van der Waals surface area contributed by atoms with Crippen molar-refractivity contribution >= 4 is 6.08 Å². The second-order valence-electron chi connectivity index (χ2n) is 10.0. The Kier molecular flexibility index (Phi) is 20.0. The van der Waals surface area contributed by atoms with Crippen molar-refractivity contribution in [2.45, 2.75) is 148 Å². The first-order valence-corrected chi connectivity index (χ1v) is 14.4. The first-order chi connectivity index (χ1) is 16.2. The van der Waals surface area contributed by atoms with Crippen LogP contribution in [0.1, 0.15) is 154 Å². The highest BCUT2D eigenvalue weighted by molar-refractivity contribution is 5.54. The minimum absolute atomic E-state index is 0.115. The lowest BCUT2D eigenvalue weighted by atomic mass is 10.0. The van der Waals surface area contributed by atoms with Crippen molar-refractivity contribution in [1.29, 1.82) is 0 Å². The van der Waals surface area contributed by atoms with Gasteiger partial charge in [0.05, 0.1) is 0 Å². The van der Waals surface area contributed by atoms with Crippen LogP contribution >= 0.6 is 0 Å². The highest BCUT2D eigenvalue weighted by atomic mass is 16.3. The molecular weight excluding hydrogens is 404 g/mol. The standard InChI is InChI=1S/C31H54O2/c1-2-3-4-5-6-7-8-9-10-11-12-13-14-15-16-17-18-19-20-21-22-23-24-25-29-26-30(32)28-31(33)27-29/h24-28,32-33H,2-23H2,1H3. The van der Waals surface area contributed by atoms with E-state index < -0.39 is 0 Å². The molecule has 0 unspecified atom stereocenters. The molecule has 0 aromatic heterocycles. The minimum Gasteiger partial charge on any atom is -0.508 e. The summed E-state index contributed by atoms with van der Waals surface area (Å²) >= 11 is 0. The summed E-state index contributed by atoms with van der Waals surface area (Å²) in [7, 11) is 0. The van der Waals surface area contributed by atoms with Crippen LogP contribution in [0.5, 0.6) is 11.5 Å². The van der Waals surface area contributed by atoms with Gasteiger partial charge in [0.2, 0.25) is 0 Å². The Bertz CT molecular complexity index is 558. The van der Waals surface area contributed by atoms with Gasteiger partial charge in [-0.3, -0.25) is 0 Å². The predicted molar refractivity (Wildman–Crippen MR) is 146 cm³/mol. The van der Waals surface area contributed by atoms with E-state index in [1.165, 1.54) is 141 Å². The highest BCUT2D eigenvalue weighted by Gasteiger charge is 1.97. The molecule has 0 bridgehead atoms. The van der Waals surface area contributed by atoms with E-state index in [-0.39, 0.29) is 11.5 Å². The van der Waals surface area contributed by atoms with Crippen LogP contribution in [0, 0.1) is 0 Å². The highest BCUT2D eigenvalue weighted by Crippen LogP contribution is 2.21. The molecule has 0 heterocycles. The summed E-state index contributed by atoms with van der Waals surface area (Å²) in [5, 5.41) is 19.0. The third kappa shape index (κ3) is 19.7. The molecule has 0 atom stereocenters. The first-order valence-electron chi connectivity index (χ1n) is 14.4. The van der Waals surface area contributed by atoms with Gasteiger partial charge in [-0.1, -0.05) is 147 Å².